The predicted molar refractivity (Wildman–Crippen MR) is 57.3 cm³/mol. The van der Waals surface area contributed by atoms with Crippen LogP contribution in [0.15, 0.2) is 22.9 Å². The minimum Gasteiger partial charge on any atom is -0.384 e. The highest BCUT2D eigenvalue weighted by Gasteiger charge is 2.08. The highest BCUT2D eigenvalue weighted by atomic mass is 16.5. The third-order valence-corrected chi connectivity index (χ3v) is 1.94. The lowest BCUT2D eigenvalue weighted by Crippen LogP contribution is -1.93. The number of anilines is 1. The van der Waals surface area contributed by atoms with Crippen LogP contribution < -0.4 is 5.73 Å². The molecule has 0 atom stereocenters. The third kappa shape index (κ3) is 2.34. The van der Waals surface area contributed by atoms with E-state index in [1.54, 1.807) is 18.3 Å². The van der Waals surface area contributed by atoms with Crippen LogP contribution in [0.1, 0.15) is 12.7 Å². The second-order valence-corrected chi connectivity index (χ2v) is 3.12. The van der Waals surface area contributed by atoms with Crippen molar-refractivity contribution < 1.29 is 9.26 Å². The quantitative estimate of drug-likeness (QED) is 0.834. The summed E-state index contributed by atoms with van der Waals surface area (Å²) in [6.07, 6.45) is 1.59. The number of aromatic nitrogens is 3. The number of hydrogen-bond donors (Lipinski definition) is 1. The van der Waals surface area contributed by atoms with E-state index >= 15 is 0 Å². The normalized spacial score (nSPS) is 10.6. The Kier molecular flexibility index (Phi) is 3.11. The van der Waals surface area contributed by atoms with Gasteiger partial charge in [-0.1, -0.05) is 5.16 Å². The molecule has 0 saturated heterocycles. The fourth-order valence-electron chi connectivity index (χ4n) is 1.16. The summed E-state index contributed by atoms with van der Waals surface area (Å²) < 4.78 is 10.2. The zero-order valence-corrected chi connectivity index (χ0v) is 8.88. The molecule has 0 radical (unpaired) electrons. The molecule has 2 aromatic rings. The maximum Gasteiger partial charge on any atom is 0.259 e. The molecule has 0 spiro atoms. The van der Waals surface area contributed by atoms with Crippen LogP contribution in [0.25, 0.3) is 11.5 Å². The van der Waals surface area contributed by atoms with Gasteiger partial charge in [0.15, 0.2) is 5.82 Å². The molecule has 0 aliphatic heterocycles. The molecular formula is C10H12N4O2. The minimum absolute atomic E-state index is 0.350. The van der Waals surface area contributed by atoms with E-state index in [9.17, 15) is 0 Å². The molecule has 2 N–H and O–H groups in total. The van der Waals surface area contributed by atoms with Crippen molar-refractivity contribution in [1.29, 1.82) is 0 Å². The molecule has 0 amide bonds. The van der Waals surface area contributed by atoms with Gasteiger partial charge in [0.1, 0.15) is 12.4 Å². The SMILES string of the molecule is CCOCc1noc(-c2ccc(N)nc2)n1. The second kappa shape index (κ2) is 4.71. The lowest BCUT2D eigenvalue weighted by atomic mass is 10.3. The topological polar surface area (TPSA) is 87.1 Å². The van der Waals surface area contributed by atoms with Crippen molar-refractivity contribution in [3.05, 3.63) is 24.2 Å². The first-order chi connectivity index (χ1) is 7.79. The van der Waals surface area contributed by atoms with E-state index in [2.05, 4.69) is 15.1 Å². The highest BCUT2D eigenvalue weighted by molar-refractivity contribution is 5.53. The van der Waals surface area contributed by atoms with Crippen molar-refractivity contribution in [1.82, 2.24) is 15.1 Å². The van der Waals surface area contributed by atoms with Gasteiger partial charge in [-0.2, -0.15) is 4.98 Å². The zero-order valence-electron chi connectivity index (χ0n) is 8.88. The molecular weight excluding hydrogens is 208 g/mol. The van der Waals surface area contributed by atoms with Crippen molar-refractivity contribution in [2.75, 3.05) is 12.3 Å². The fourth-order valence-corrected chi connectivity index (χ4v) is 1.16. The van der Waals surface area contributed by atoms with Crippen LogP contribution in [0, 0.1) is 0 Å². The molecule has 6 heteroatoms. The summed E-state index contributed by atoms with van der Waals surface area (Å²) in [5.41, 5.74) is 6.22. The first-order valence-electron chi connectivity index (χ1n) is 4.92. The van der Waals surface area contributed by atoms with E-state index in [1.807, 2.05) is 6.92 Å². The Morgan fingerprint density at radius 3 is 3.00 bits per heavy atom. The van der Waals surface area contributed by atoms with Gasteiger partial charge >= 0.3 is 0 Å². The third-order valence-electron chi connectivity index (χ3n) is 1.94. The smallest absolute Gasteiger partial charge is 0.259 e. The summed E-state index contributed by atoms with van der Waals surface area (Å²) in [7, 11) is 0. The molecule has 2 aromatic heterocycles. The Balaban J connectivity index is 2.15. The Bertz CT molecular complexity index is 452. The van der Waals surface area contributed by atoms with E-state index in [-0.39, 0.29) is 0 Å². The number of nitrogen functional groups attached to an aromatic ring is 1. The van der Waals surface area contributed by atoms with E-state index in [0.29, 0.717) is 30.7 Å². The summed E-state index contributed by atoms with van der Waals surface area (Å²) in [5, 5.41) is 3.78. The average Bonchev–Trinajstić information content (AvgIpc) is 2.76. The summed E-state index contributed by atoms with van der Waals surface area (Å²) in [6, 6.07) is 3.46. The largest absolute Gasteiger partial charge is 0.384 e. The molecule has 6 nitrogen and oxygen atoms in total. The van der Waals surface area contributed by atoms with Crippen molar-refractivity contribution >= 4 is 5.82 Å². The van der Waals surface area contributed by atoms with Crippen LogP contribution in [-0.2, 0) is 11.3 Å². The number of ether oxygens (including phenoxy) is 1. The standard InChI is InChI=1S/C10H12N4O2/c1-2-15-6-9-13-10(16-14-9)7-3-4-8(11)12-5-7/h3-5H,2,6H2,1H3,(H2,11,12). The molecule has 0 bridgehead atoms. The lowest BCUT2D eigenvalue weighted by molar-refractivity contribution is 0.126. The minimum atomic E-state index is 0.350. The number of pyridine rings is 1. The Morgan fingerprint density at radius 2 is 2.31 bits per heavy atom. The van der Waals surface area contributed by atoms with Gasteiger partial charge < -0.3 is 15.0 Å². The molecule has 0 fully saturated rings. The van der Waals surface area contributed by atoms with Crippen LogP contribution in [0.5, 0.6) is 0 Å². The summed E-state index contributed by atoms with van der Waals surface area (Å²) in [4.78, 5) is 8.11. The van der Waals surface area contributed by atoms with E-state index in [4.69, 9.17) is 15.0 Å². The van der Waals surface area contributed by atoms with Crippen molar-refractivity contribution in [2.45, 2.75) is 13.5 Å². The van der Waals surface area contributed by atoms with Gasteiger partial charge in [0.25, 0.3) is 5.89 Å². The van der Waals surface area contributed by atoms with Gasteiger partial charge in [-0.05, 0) is 19.1 Å². The molecule has 0 unspecified atom stereocenters. The molecule has 0 aromatic carbocycles. The number of nitrogens with zero attached hydrogens (tertiary/aromatic N) is 3. The average molecular weight is 220 g/mol. The van der Waals surface area contributed by atoms with Crippen LogP contribution in [0.4, 0.5) is 5.82 Å². The Hall–Kier alpha value is -1.95. The number of hydrogen-bond acceptors (Lipinski definition) is 6. The van der Waals surface area contributed by atoms with Gasteiger partial charge in [0.05, 0.1) is 5.56 Å². The highest BCUT2D eigenvalue weighted by Crippen LogP contribution is 2.16. The van der Waals surface area contributed by atoms with Gasteiger partial charge in [-0.3, -0.25) is 0 Å². The van der Waals surface area contributed by atoms with E-state index in [1.165, 1.54) is 0 Å². The summed E-state index contributed by atoms with van der Waals surface area (Å²) in [6.45, 7) is 2.88. The Labute approximate surface area is 92.4 Å². The maximum atomic E-state index is 5.48. The zero-order chi connectivity index (χ0) is 11.4. The number of rotatable bonds is 4. The first-order valence-corrected chi connectivity index (χ1v) is 4.92. The van der Waals surface area contributed by atoms with Crippen LogP contribution in [0.2, 0.25) is 0 Å². The maximum absolute atomic E-state index is 5.48. The summed E-state index contributed by atoms with van der Waals surface area (Å²) >= 11 is 0. The molecule has 0 aliphatic rings. The molecule has 2 heterocycles. The van der Waals surface area contributed by atoms with Crippen molar-refractivity contribution in [3.63, 3.8) is 0 Å². The van der Waals surface area contributed by atoms with Crippen LogP contribution >= 0.6 is 0 Å². The first kappa shape index (κ1) is 10.6. The van der Waals surface area contributed by atoms with E-state index < -0.39 is 0 Å². The second-order valence-electron chi connectivity index (χ2n) is 3.12. The van der Waals surface area contributed by atoms with Crippen LogP contribution in [0.3, 0.4) is 0 Å². The van der Waals surface area contributed by atoms with Gasteiger partial charge in [0.2, 0.25) is 0 Å². The van der Waals surface area contributed by atoms with Gasteiger partial charge in [-0.25, -0.2) is 4.98 Å². The van der Waals surface area contributed by atoms with Crippen molar-refractivity contribution in [2.24, 2.45) is 0 Å². The van der Waals surface area contributed by atoms with Gasteiger partial charge in [0, 0.05) is 12.8 Å². The van der Waals surface area contributed by atoms with E-state index in [0.717, 1.165) is 5.56 Å². The molecule has 0 aliphatic carbocycles. The molecule has 84 valence electrons. The monoisotopic (exact) mass is 220 g/mol. The predicted octanol–water partition coefficient (Wildman–Crippen LogP) is 1.25. The van der Waals surface area contributed by atoms with Crippen LogP contribution in [-0.4, -0.2) is 21.7 Å². The molecule has 16 heavy (non-hydrogen) atoms. The summed E-state index contributed by atoms with van der Waals surface area (Å²) in [5.74, 6) is 1.40. The lowest BCUT2D eigenvalue weighted by Gasteiger charge is -1.94. The Morgan fingerprint density at radius 1 is 1.44 bits per heavy atom. The molecule has 0 saturated carbocycles. The fraction of sp³-hybridized carbons (Fsp3) is 0.300. The van der Waals surface area contributed by atoms with Gasteiger partial charge in [-0.15, -0.1) is 0 Å². The molecule has 2 rings (SSSR count). The van der Waals surface area contributed by atoms with Crippen molar-refractivity contribution in [3.8, 4) is 11.5 Å². The number of nitrogens with two attached hydrogens (primary N) is 1.